The van der Waals surface area contributed by atoms with Gasteiger partial charge in [0.2, 0.25) is 0 Å². The predicted octanol–water partition coefficient (Wildman–Crippen LogP) is 3.55. The lowest BCUT2D eigenvalue weighted by Crippen LogP contribution is -2.35. The van der Waals surface area contributed by atoms with Crippen molar-refractivity contribution in [1.82, 2.24) is 15.1 Å². The molecule has 0 spiro atoms. The highest BCUT2D eigenvalue weighted by molar-refractivity contribution is 5.59. The number of halogens is 1. The number of fused-ring (bicyclic) bond motifs is 1. The Kier molecular flexibility index (Phi) is 4.59. The average molecular weight is 337 g/mol. The van der Waals surface area contributed by atoms with Crippen molar-refractivity contribution in [2.45, 2.75) is 19.2 Å². The van der Waals surface area contributed by atoms with E-state index in [0.29, 0.717) is 13.2 Å². The van der Waals surface area contributed by atoms with E-state index in [1.807, 2.05) is 22.9 Å². The van der Waals surface area contributed by atoms with E-state index in [-0.39, 0.29) is 11.9 Å². The van der Waals surface area contributed by atoms with Crippen molar-refractivity contribution in [3.8, 4) is 11.3 Å². The molecule has 0 radical (unpaired) electrons. The van der Waals surface area contributed by atoms with Crippen LogP contribution in [0.5, 0.6) is 0 Å². The second-order valence-electron chi connectivity index (χ2n) is 6.26. The molecule has 128 valence electrons. The molecule has 3 aromatic rings. The van der Waals surface area contributed by atoms with Gasteiger partial charge in [-0.05, 0) is 35.9 Å². The van der Waals surface area contributed by atoms with E-state index in [9.17, 15) is 4.39 Å². The zero-order chi connectivity index (χ0) is 17.1. The molecule has 5 heteroatoms. The standard InChI is InChI=1S/C20H20FN3O/c21-17-8-6-16(7-9-17)20-10-18-11-22-12-19(24(18)23-20)14-25-13-15-4-2-1-3-5-15/h1-10,19,22H,11-14H2. The van der Waals surface area contributed by atoms with Crippen LogP contribution < -0.4 is 5.32 Å². The van der Waals surface area contributed by atoms with Gasteiger partial charge in [-0.2, -0.15) is 5.10 Å². The van der Waals surface area contributed by atoms with Crippen LogP contribution in [-0.2, 0) is 17.9 Å². The van der Waals surface area contributed by atoms with Crippen LogP contribution in [0.2, 0.25) is 0 Å². The molecule has 0 fully saturated rings. The van der Waals surface area contributed by atoms with Gasteiger partial charge in [-0.1, -0.05) is 30.3 Å². The fourth-order valence-corrected chi connectivity index (χ4v) is 3.11. The van der Waals surface area contributed by atoms with Crippen LogP contribution in [0.4, 0.5) is 4.39 Å². The number of rotatable bonds is 5. The minimum absolute atomic E-state index is 0.154. The van der Waals surface area contributed by atoms with Gasteiger partial charge in [0.05, 0.1) is 30.6 Å². The molecular weight excluding hydrogens is 317 g/mol. The van der Waals surface area contributed by atoms with Crippen molar-refractivity contribution in [3.63, 3.8) is 0 Å². The summed E-state index contributed by atoms with van der Waals surface area (Å²) in [6.45, 7) is 2.80. The highest BCUT2D eigenvalue weighted by Gasteiger charge is 2.22. The summed E-state index contributed by atoms with van der Waals surface area (Å²) in [4.78, 5) is 0. The van der Waals surface area contributed by atoms with E-state index in [1.165, 1.54) is 17.7 Å². The summed E-state index contributed by atoms with van der Waals surface area (Å²) in [7, 11) is 0. The first-order valence-electron chi connectivity index (χ1n) is 8.46. The maximum atomic E-state index is 13.1. The molecule has 1 atom stereocenters. The van der Waals surface area contributed by atoms with Gasteiger partial charge in [0.25, 0.3) is 0 Å². The molecule has 1 aliphatic rings. The third kappa shape index (κ3) is 3.62. The second-order valence-corrected chi connectivity index (χ2v) is 6.26. The Balaban J connectivity index is 1.47. The molecule has 0 saturated carbocycles. The van der Waals surface area contributed by atoms with E-state index in [0.717, 1.165) is 30.0 Å². The first kappa shape index (κ1) is 16.0. The van der Waals surface area contributed by atoms with Gasteiger partial charge in [-0.15, -0.1) is 0 Å². The molecule has 1 N–H and O–H groups in total. The first-order valence-corrected chi connectivity index (χ1v) is 8.46. The topological polar surface area (TPSA) is 39.1 Å². The first-order chi connectivity index (χ1) is 12.3. The lowest BCUT2D eigenvalue weighted by Gasteiger charge is -2.25. The molecule has 4 nitrogen and oxygen atoms in total. The number of nitrogens with zero attached hydrogens (tertiary/aromatic N) is 2. The monoisotopic (exact) mass is 337 g/mol. The van der Waals surface area contributed by atoms with Crippen LogP contribution in [0.1, 0.15) is 17.3 Å². The van der Waals surface area contributed by atoms with E-state index in [1.54, 1.807) is 12.1 Å². The summed E-state index contributed by atoms with van der Waals surface area (Å²) in [5.41, 5.74) is 4.08. The number of hydrogen-bond donors (Lipinski definition) is 1. The van der Waals surface area contributed by atoms with Crippen LogP contribution in [0.15, 0.2) is 60.7 Å². The molecule has 1 unspecified atom stereocenters. The summed E-state index contributed by atoms with van der Waals surface area (Å²) in [6, 6.07) is 18.8. The van der Waals surface area contributed by atoms with Crippen LogP contribution in [-0.4, -0.2) is 22.9 Å². The Hall–Kier alpha value is -2.50. The molecule has 4 rings (SSSR count). The summed E-state index contributed by atoms with van der Waals surface area (Å²) in [5.74, 6) is -0.235. The molecule has 2 aromatic carbocycles. The quantitative estimate of drug-likeness (QED) is 0.774. The SMILES string of the molecule is Fc1ccc(-c2cc3n(n2)C(COCc2ccccc2)CNC3)cc1. The van der Waals surface area contributed by atoms with Gasteiger partial charge in [-0.25, -0.2) is 4.39 Å². The average Bonchev–Trinajstić information content (AvgIpc) is 3.08. The van der Waals surface area contributed by atoms with Gasteiger partial charge >= 0.3 is 0 Å². The summed E-state index contributed by atoms with van der Waals surface area (Å²) in [5, 5.41) is 8.14. The van der Waals surface area contributed by atoms with Crippen molar-refractivity contribution >= 4 is 0 Å². The maximum Gasteiger partial charge on any atom is 0.123 e. The highest BCUT2D eigenvalue weighted by atomic mass is 19.1. The molecule has 0 amide bonds. The minimum atomic E-state index is -0.235. The van der Waals surface area contributed by atoms with Crippen molar-refractivity contribution in [2.24, 2.45) is 0 Å². The Morgan fingerprint density at radius 1 is 1.12 bits per heavy atom. The molecule has 25 heavy (non-hydrogen) atoms. The molecular formula is C20H20FN3O. The smallest absolute Gasteiger partial charge is 0.123 e. The van der Waals surface area contributed by atoms with E-state index >= 15 is 0 Å². The third-order valence-corrected chi connectivity index (χ3v) is 4.41. The van der Waals surface area contributed by atoms with Gasteiger partial charge in [-0.3, -0.25) is 4.68 Å². The number of ether oxygens (including phenoxy) is 1. The zero-order valence-electron chi connectivity index (χ0n) is 13.9. The number of aromatic nitrogens is 2. The molecule has 2 heterocycles. The van der Waals surface area contributed by atoms with Gasteiger partial charge < -0.3 is 10.1 Å². The van der Waals surface area contributed by atoms with Gasteiger partial charge in [0.1, 0.15) is 5.82 Å². The Morgan fingerprint density at radius 3 is 2.72 bits per heavy atom. The summed E-state index contributed by atoms with van der Waals surface area (Å²) in [6.07, 6.45) is 0. The third-order valence-electron chi connectivity index (χ3n) is 4.41. The molecule has 1 aliphatic heterocycles. The van der Waals surface area contributed by atoms with E-state index in [4.69, 9.17) is 9.84 Å². The minimum Gasteiger partial charge on any atom is -0.374 e. The maximum absolute atomic E-state index is 13.1. The molecule has 0 bridgehead atoms. The number of benzene rings is 2. The second kappa shape index (κ2) is 7.17. The Morgan fingerprint density at radius 2 is 1.92 bits per heavy atom. The van der Waals surface area contributed by atoms with Crippen LogP contribution >= 0.6 is 0 Å². The van der Waals surface area contributed by atoms with Crippen molar-refractivity contribution < 1.29 is 9.13 Å². The molecule has 0 saturated heterocycles. The van der Waals surface area contributed by atoms with Crippen LogP contribution in [0, 0.1) is 5.82 Å². The lowest BCUT2D eigenvalue weighted by molar-refractivity contribution is 0.0809. The summed E-state index contributed by atoms with van der Waals surface area (Å²) < 4.78 is 21.1. The van der Waals surface area contributed by atoms with Crippen LogP contribution in [0.3, 0.4) is 0 Å². The van der Waals surface area contributed by atoms with E-state index < -0.39 is 0 Å². The Labute approximate surface area is 146 Å². The molecule has 1 aromatic heterocycles. The normalized spacial score (nSPS) is 16.6. The fourth-order valence-electron chi connectivity index (χ4n) is 3.11. The van der Waals surface area contributed by atoms with Crippen LogP contribution in [0.25, 0.3) is 11.3 Å². The van der Waals surface area contributed by atoms with Crippen molar-refractivity contribution in [2.75, 3.05) is 13.2 Å². The summed E-state index contributed by atoms with van der Waals surface area (Å²) >= 11 is 0. The number of nitrogens with one attached hydrogen (secondary N) is 1. The zero-order valence-corrected chi connectivity index (χ0v) is 13.9. The largest absolute Gasteiger partial charge is 0.374 e. The Bertz CT molecular complexity index is 830. The van der Waals surface area contributed by atoms with Gasteiger partial charge in [0.15, 0.2) is 0 Å². The van der Waals surface area contributed by atoms with E-state index in [2.05, 4.69) is 23.5 Å². The lowest BCUT2D eigenvalue weighted by atomic mass is 10.1. The van der Waals surface area contributed by atoms with Gasteiger partial charge in [0, 0.05) is 18.7 Å². The highest BCUT2D eigenvalue weighted by Crippen LogP contribution is 2.24. The van der Waals surface area contributed by atoms with Crippen molar-refractivity contribution in [1.29, 1.82) is 0 Å². The van der Waals surface area contributed by atoms with Crippen molar-refractivity contribution in [3.05, 3.63) is 77.7 Å². The fraction of sp³-hybridized carbons (Fsp3) is 0.250. The predicted molar refractivity (Wildman–Crippen MR) is 94.5 cm³/mol. The molecule has 0 aliphatic carbocycles. The number of hydrogen-bond acceptors (Lipinski definition) is 3.